The van der Waals surface area contributed by atoms with E-state index in [1.54, 1.807) is 6.07 Å². The maximum atomic E-state index is 13.2. The first-order chi connectivity index (χ1) is 11.6. The predicted molar refractivity (Wildman–Crippen MR) is 87.1 cm³/mol. The van der Waals surface area contributed by atoms with E-state index in [4.69, 9.17) is 4.74 Å². The van der Waals surface area contributed by atoms with E-state index in [0.717, 1.165) is 25.9 Å². The number of likely N-dealkylation sites (tertiary alicyclic amines) is 1. The Morgan fingerprint density at radius 1 is 1.29 bits per heavy atom. The molecule has 2 unspecified atom stereocenters. The van der Waals surface area contributed by atoms with Crippen LogP contribution in [-0.2, 0) is 9.53 Å². The summed E-state index contributed by atoms with van der Waals surface area (Å²) < 4.78 is 18.7. The van der Waals surface area contributed by atoms with E-state index < -0.39 is 11.9 Å². The summed E-state index contributed by atoms with van der Waals surface area (Å²) in [7, 11) is 0. The minimum Gasteiger partial charge on any atom is -0.376 e. The first-order valence-corrected chi connectivity index (χ1v) is 8.36. The fourth-order valence-electron chi connectivity index (χ4n) is 3.18. The standard InChI is InChI=1S/C17H22FN3O3/c18-12-4-1-5-13(10-12)20-17(23)21-8-2-7-15(21)16(22)19-11-14-6-3-9-24-14/h1,4-5,10,14-15H,2-3,6-9,11H2,(H,19,22)(H,20,23). The van der Waals surface area contributed by atoms with E-state index in [0.29, 0.717) is 25.2 Å². The Kier molecular flexibility index (Phi) is 5.30. The summed E-state index contributed by atoms with van der Waals surface area (Å²) in [5.41, 5.74) is 0.380. The first kappa shape index (κ1) is 16.7. The summed E-state index contributed by atoms with van der Waals surface area (Å²) >= 11 is 0. The van der Waals surface area contributed by atoms with Crippen molar-refractivity contribution in [2.24, 2.45) is 0 Å². The molecule has 130 valence electrons. The molecule has 2 atom stereocenters. The summed E-state index contributed by atoms with van der Waals surface area (Å²) in [6.45, 7) is 1.74. The van der Waals surface area contributed by atoms with Gasteiger partial charge in [-0.25, -0.2) is 9.18 Å². The number of benzene rings is 1. The number of halogens is 1. The Hall–Kier alpha value is -2.15. The normalized spacial score (nSPS) is 23.3. The number of hydrogen-bond acceptors (Lipinski definition) is 3. The second kappa shape index (κ2) is 7.61. The molecule has 2 heterocycles. The molecule has 3 amide bonds. The second-order valence-electron chi connectivity index (χ2n) is 6.17. The molecule has 7 heteroatoms. The lowest BCUT2D eigenvalue weighted by Crippen LogP contribution is -2.48. The fraction of sp³-hybridized carbons (Fsp3) is 0.529. The molecule has 1 aromatic rings. The minimum atomic E-state index is -0.486. The number of carbonyl (C=O) groups excluding carboxylic acids is 2. The van der Waals surface area contributed by atoms with Crippen LogP contribution in [0.5, 0.6) is 0 Å². The largest absolute Gasteiger partial charge is 0.376 e. The number of amides is 3. The third kappa shape index (κ3) is 4.03. The highest BCUT2D eigenvalue weighted by Crippen LogP contribution is 2.20. The predicted octanol–water partition coefficient (Wildman–Crippen LogP) is 2.12. The van der Waals surface area contributed by atoms with Gasteiger partial charge in [0.2, 0.25) is 5.91 Å². The van der Waals surface area contributed by atoms with E-state index in [-0.39, 0.29) is 18.0 Å². The maximum Gasteiger partial charge on any atom is 0.322 e. The Bertz CT molecular complexity index is 604. The van der Waals surface area contributed by atoms with Crippen molar-refractivity contribution in [2.75, 3.05) is 25.0 Å². The van der Waals surface area contributed by atoms with Crippen molar-refractivity contribution in [3.8, 4) is 0 Å². The third-order valence-electron chi connectivity index (χ3n) is 4.42. The van der Waals surface area contributed by atoms with Crippen molar-refractivity contribution in [3.05, 3.63) is 30.1 Å². The molecular formula is C17H22FN3O3. The molecule has 1 aromatic carbocycles. The Balaban J connectivity index is 1.55. The number of rotatable bonds is 4. The van der Waals surface area contributed by atoms with Gasteiger partial charge in [0.05, 0.1) is 6.10 Å². The van der Waals surface area contributed by atoms with E-state index in [1.807, 2.05) is 0 Å². The summed E-state index contributed by atoms with van der Waals surface area (Å²) in [4.78, 5) is 26.3. The van der Waals surface area contributed by atoms with Crippen molar-refractivity contribution >= 4 is 17.6 Å². The van der Waals surface area contributed by atoms with Crippen LogP contribution in [-0.4, -0.2) is 48.7 Å². The van der Waals surface area contributed by atoms with Gasteiger partial charge in [0.15, 0.2) is 0 Å². The van der Waals surface area contributed by atoms with Gasteiger partial charge in [0.1, 0.15) is 11.9 Å². The number of anilines is 1. The molecule has 0 aliphatic carbocycles. The van der Waals surface area contributed by atoms with Gasteiger partial charge >= 0.3 is 6.03 Å². The van der Waals surface area contributed by atoms with Crippen LogP contribution in [0.4, 0.5) is 14.9 Å². The maximum absolute atomic E-state index is 13.2. The molecule has 2 aliphatic rings. The van der Waals surface area contributed by atoms with E-state index in [2.05, 4.69) is 10.6 Å². The number of ether oxygens (including phenoxy) is 1. The van der Waals surface area contributed by atoms with Crippen LogP contribution >= 0.6 is 0 Å². The lowest BCUT2D eigenvalue weighted by molar-refractivity contribution is -0.125. The van der Waals surface area contributed by atoms with Crippen LogP contribution in [0.3, 0.4) is 0 Å². The van der Waals surface area contributed by atoms with Crippen molar-refractivity contribution < 1.29 is 18.7 Å². The highest BCUT2D eigenvalue weighted by molar-refractivity contribution is 5.94. The van der Waals surface area contributed by atoms with Crippen LogP contribution < -0.4 is 10.6 Å². The molecule has 2 fully saturated rings. The molecule has 0 radical (unpaired) electrons. The van der Waals surface area contributed by atoms with Crippen molar-refractivity contribution in [3.63, 3.8) is 0 Å². The highest BCUT2D eigenvalue weighted by Gasteiger charge is 2.34. The molecule has 2 saturated heterocycles. The molecule has 3 rings (SSSR count). The highest BCUT2D eigenvalue weighted by atomic mass is 19.1. The van der Waals surface area contributed by atoms with E-state index in [1.165, 1.54) is 23.1 Å². The summed E-state index contributed by atoms with van der Waals surface area (Å²) in [6, 6.07) is 4.84. The van der Waals surface area contributed by atoms with Crippen molar-refractivity contribution in [2.45, 2.75) is 37.8 Å². The van der Waals surface area contributed by atoms with Gasteiger partial charge in [-0.2, -0.15) is 0 Å². The molecule has 0 saturated carbocycles. The van der Waals surface area contributed by atoms with E-state index >= 15 is 0 Å². The van der Waals surface area contributed by atoms with Crippen LogP contribution in [0.25, 0.3) is 0 Å². The topological polar surface area (TPSA) is 70.7 Å². The molecule has 2 N–H and O–H groups in total. The number of urea groups is 1. The smallest absolute Gasteiger partial charge is 0.322 e. The van der Waals surface area contributed by atoms with E-state index in [9.17, 15) is 14.0 Å². The number of nitrogens with zero attached hydrogens (tertiary/aromatic N) is 1. The average Bonchev–Trinajstić information content (AvgIpc) is 3.24. The van der Waals surface area contributed by atoms with Crippen LogP contribution in [0.2, 0.25) is 0 Å². The number of nitrogens with one attached hydrogen (secondary N) is 2. The fourth-order valence-corrected chi connectivity index (χ4v) is 3.18. The van der Waals surface area contributed by atoms with Gasteiger partial charge in [0, 0.05) is 25.4 Å². The third-order valence-corrected chi connectivity index (χ3v) is 4.42. The van der Waals surface area contributed by atoms with Crippen LogP contribution in [0, 0.1) is 5.82 Å². The Morgan fingerprint density at radius 2 is 2.17 bits per heavy atom. The van der Waals surface area contributed by atoms with Gasteiger partial charge in [-0.1, -0.05) is 6.07 Å². The van der Waals surface area contributed by atoms with Crippen LogP contribution in [0.1, 0.15) is 25.7 Å². The lowest BCUT2D eigenvalue weighted by atomic mass is 10.2. The quantitative estimate of drug-likeness (QED) is 0.885. The second-order valence-corrected chi connectivity index (χ2v) is 6.17. The number of carbonyl (C=O) groups is 2. The average molecular weight is 335 g/mol. The van der Waals surface area contributed by atoms with Gasteiger partial charge < -0.3 is 20.3 Å². The lowest BCUT2D eigenvalue weighted by Gasteiger charge is -2.24. The Labute approximate surface area is 140 Å². The van der Waals surface area contributed by atoms with Crippen molar-refractivity contribution in [1.29, 1.82) is 0 Å². The molecular weight excluding hydrogens is 313 g/mol. The molecule has 6 nitrogen and oxygen atoms in total. The zero-order valence-electron chi connectivity index (χ0n) is 13.5. The van der Waals surface area contributed by atoms with Gasteiger partial charge in [-0.05, 0) is 43.9 Å². The monoisotopic (exact) mass is 335 g/mol. The SMILES string of the molecule is O=C(NCC1CCCO1)C1CCCN1C(=O)Nc1cccc(F)c1. The molecule has 0 bridgehead atoms. The summed E-state index contributed by atoms with van der Waals surface area (Å²) in [5, 5.41) is 5.53. The molecule has 0 aromatic heterocycles. The molecule has 2 aliphatic heterocycles. The van der Waals surface area contributed by atoms with Crippen molar-refractivity contribution in [1.82, 2.24) is 10.2 Å². The van der Waals surface area contributed by atoms with Gasteiger partial charge in [-0.3, -0.25) is 4.79 Å². The molecule has 24 heavy (non-hydrogen) atoms. The first-order valence-electron chi connectivity index (χ1n) is 8.36. The summed E-state index contributed by atoms with van der Waals surface area (Å²) in [5.74, 6) is -0.572. The zero-order chi connectivity index (χ0) is 16.9. The van der Waals surface area contributed by atoms with Crippen LogP contribution in [0.15, 0.2) is 24.3 Å². The van der Waals surface area contributed by atoms with Gasteiger partial charge in [-0.15, -0.1) is 0 Å². The molecule has 0 spiro atoms. The minimum absolute atomic E-state index is 0.0740. The number of hydrogen-bond donors (Lipinski definition) is 2. The summed E-state index contributed by atoms with van der Waals surface area (Å²) in [6.07, 6.45) is 3.45. The van der Waals surface area contributed by atoms with Gasteiger partial charge in [0.25, 0.3) is 0 Å². The zero-order valence-corrected chi connectivity index (χ0v) is 13.5. The Morgan fingerprint density at radius 3 is 2.92 bits per heavy atom.